The maximum Gasteiger partial charge on any atom is 0.254 e. The number of amides is 1. The van der Waals surface area contributed by atoms with Crippen molar-refractivity contribution in [1.82, 2.24) is 9.80 Å². The van der Waals surface area contributed by atoms with Gasteiger partial charge in [0.15, 0.2) is 5.17 Å². The van der Waals surface area contributed by atoms with Crippen LogP contribution in [-0.2, 0) is 4.79 Å². The Morgan fingerprint density at radius 2 is 1.97 bits per heavy atom. The number of nitriles is 1. The number of hydrogen-bond donors (Lipinski definition) is 1. The molecular formula is C23H22ClN5O2S. The Morgan fingerprint density at radius 1 is 1.28 bits per heavy atom. The maximum absolute atomic E-state index is 13.5. The normalized spacial score (nSPS) is 17.9. The van der Waals surface area contributed by atoms with Crippen molar-refractivity contribution < 1.29 is 9.21 Å². The molecular weight excluding hydrogens is 446 g/mol. The van der Waals surface area contributed by atoms with Crippen LogP contribution >= 0.6 is 23.4 Å². The Hall–Kier alpha value is -3.15. The summed E-state index contributed by atoms with van der Waals surface area (Å²) in [5.41, 5.74) is 8.26. The van der Waals surface area contributed by atoms with E-state index < -0.39 is 6.04 Å². The lowest BCUT2D eigenvalue weighted by atomic mass is 9.98. The minimum Gasteiger partial charge on any atom is -0.458 e. The second-order valence-corrected chi connectivity index (χ2v) is 8.69. The van der Waals surface area contributed by atoms with Gasteiger partial charge in [-0.1, -0.05) is 11.6 Å². The molecule has 32 heavy (non-hydrogen) atoms. The third-order valence-electron chi connectivity index (χ3n) is 5.48. The number of allylic oxidation sites excluding steroid dienone is 2. The molecule has 4 rings (SSSR count). The van der Waals surface area contributed by atoms with Crippen molar-refractivity contribution in [3.63, 3.8) is 0 Å². The highest BCUT2D eigenvalue weighted by Gasteiger charge is 2.44. The van der Waals surface area contributed by atoms with E-state index >= 15 is 0 Å². The molecule has 1 aromatic heterocycles. The number of thioether (sulfide) groups is 1. The van der Waals surface area contributed by atoms with Crippen molar-refractivity contribution in [3.05, 3.63) is 69.2 Å². The summed E-state index contributed by atoms with van der Waals surface area (Å²) in [4.78, 5) is 21.9. The number of furan rings is 1. The second-order valence-electron chi connectivity index (χ2n) is 7.28. The first-order valence-electron chi connectivity index (χ1n) is 10.2. The van der Waals surface area contributed by atoms with Crippen LogP contribution in [-0.4, -0.2) is 34.0 Å². The van der Waals surface area contributed by atoms with Crippen LogP contribution in [0.4, 0.5) is 0 Å². The first-order chi connectivity index (χ1) is 15.4. The van der Waals surface area contributed by atoms with Gasteiger partial charge in [-0.05, 0) is 68.9 Å². The summed E-state index contributed by atoms with van der Waals surface area (Å²) in [6.45, 7) is 6.80. The standard InChI is InChI=1S/C23H22ClN5O2S/c1-4-28(5-2)22(30)19-13(3)27-23-29(21(26)18(12-25)32-23)20(19)17-11-10-16(31-17)14-6-8-15(24)9-7-14/h6-11,20H,4-5,26H2,1-3H3/t20-/m1/s1. The van der Waals surface area contributed by atoms with E-state index in [0.29, 0.717) is 51.0 Å². The summed E-state index contributed by atoms with van der Waals surface area (Å²) in [7, 11) is 0. The molecule has 9 heteroatoms. The predicted molar refractivity (Wildman–Crippen MR) is 126 cm³/mol. The quantitative estimate of drug-likeness (QED) is 0.674. The summed E-state index contributed by atoms with van der Waals surface area (Å²) in [5, 5.41) is 10.7. The summed E-state index contributed by atoms with van der Waals surface area (Å²) in [5.74, 6) is 1.32. The minimum atomic E-state index is -0.630. The molecule has 0 unspecified atom stereocenters. The molecule has 1 aromatic carbocycles. The van der Waals surface area contributed by atoms with Gasteiger partial charge in [0.2, 0.25) is 0 Å². The van der Waals surface area contributed by atoms with E-state index in [2.05, 4.69) is 11.1 Å². The van der Waals surface area contributed by atoms with Gasteiger partial charge in [-0.3, -0.25) is 9.69 Å². The molecule has 2 aliphatic heterocycles. The fourth-order valence-corrected chi connectivity index (χ4v) is 4.88. The number of hydrogen-bond acceptors (Lipinski definition) is 7. The molecule has 1 amide bonds. The molecule has 0 fully saturated rings. The number of likely N-dealkylation sites (N-methyl/N-ethyl adjacent to an activating group) is 1. The van der Waals surface area contributed by atoms with E-state index in [4.69, 9.17) is 21.8 Å². The Kier molecular flexibility index (Phi) is 6.04. The van der Waals surface area contributed by atoms with Gasteiger partial charge < -0.3 is 15.1 Å². The largest absolute Gasteiger partial charge is 0.458 e. The zero-order valence-electron chi connectivity index (χ0n) is 17.9. The highest BCUT2D eigenvalue weighted by atomic mass is 35.5. The first kappa shape index (κ1) is 22.1. The number of carbonyl (C=O) groups excluding carboxylic acids is 1. The smallest absolute Gasteiger partial charge is 0.254 e. The lowest BCUT2D eigenvalue weighted by Gasteiger charge is -2.35. The Bertz CT molecular complexity index is 1200. The van der Waals surface area contributed by atoms with Gasteiger partial charge in [-0.25, -0.2) is 4.99 Å². The van der Waals surface area contributed by atoms with Crippen molar-refractivity contribution in [2.75, 3.05) is 13.1 Å². The predicted octanol–water partition coefficient (Wildman–Crippen LogP) is 4.85. The molecule has 0 saturated carbocycles. The van der Waals surface area contributed by atoms with Crippen LogP contribution in [0.15, 0.2) is 67.8 Å². The molecule has 0 aliphatic carbocycles. The highest BCUT2D eigenvalue weighted by molar-refractivity contribution is 8.17. The van der Waals surface area contributed by atoms with Crippen LogP contribution in [0.1, 0.15) is 32.6 Å². The first-order valence-corrected chi connectivity index (χ1v) is 11.4. The summed E-state index contributed by atoms with van der Waals surface area (Å²) in [6, 6.07) is 12.5. The maximum atomic E-state index is 13.5. The zero-order valence-corrected chi connectivity index (χ0v) is 19.5. The third-order valence-corrected chi connectivity index (χ3v) is 6.71. The van der Waals surface area contributed by atoms with Gasteiger partial charge in [0.05, 0.1) is 11.3 Å². The van der Waals surface area contributed by atoms with Crippen molar-refractivity contribution >= 4 is 34.4 Å². The fourth-order valence-electron chi connectivity index (χ4n) is 3.83. The van der Waals surface area contributed by atoms with Crippen molar-refractivity contribution in [3.8, 4) is 17.4 Å². The van der Waals surface area contributed by atoms with Gasteiger partial charge in [0.25, 0.3) is 5.91 Å². The van der Waals surface area contributed by atoms with Gasteiger partial charge in [0.1, 0.15) is 34.4 Å². The summed E-state index contributed by atoms with van der Waals surface area (Å²) >= 11 is 7.21. The van der Waals surface area contributed by atoms with E-state index in [1.807, 2.05) is 38.1 Å². The van der Waals surface area contributed by atoms with Crippen LogP contribution in [0.25, 0.3) is 11.3 Å². The molecule has 0 radical (unpaired) electrons. The number of nitrogens with two attached hydrogens (primary N) is 1. The van der Waals surface area contributed by atoms with Crippen LogP contribution in [0.2, 0.25) is 5.02 Å². The second kappa shape index (κ2) is 8.77. The molecule has 0 saturated heterocycles. The Morgan fingerprint density at radius 3 is 2.59 bits per heavy atom. The summed E-state index contributed by atoms with van der Waals surface area (Å²) < 4.78 is 6.24. The lowest BCUT2D eigenvalue weighted by Crippen LogP contribution is -2.42. The molecule has 3 heterocycles. The zero-order chi connectivity index (χ0) is 23.0. The average Bonchev–Trinajstić information content (AvgIpc) is 3.39. The number of carbonyl (C=O) groups is 1. The number of aliphatic imine (C=N–C) groups is 1. The number of halogens is 1. The minimum absolute atomic E-state index is 0.132. The fraction of sp³-hybridized carbons (Fsp3) is 0.261. The topological polar surface area (TPSA) is 98.9 Å². The third kappa shape index (κ3) is 3.68. The van der Waals surface area contributed by atoms with Gasteiger partial charge in [0, 0.05) is 23.7 Å². The van der Waals surface area contributed by atoms with Crippen LogP contribution in [0.5, 0.6) is 0 Å². The number of nitrogens with zero attached hydrogens (tertiary/aromatic N) is 4. The molecule has 7 nitrogen and oxygen atoms in total. The summed E-state index contributed by atoms with van der Waals surface area (Å²) in [6.07, 6.45) is 0. The molecule has 2 N–H and O–H groups in total. The Labute approximate surface area is 195 Å². The monoisotopic (exact) mass is 467 g/mol. The van der Waals surface area contributed by atoms with Crippen LogP contribution in [0.3, 0.4) is 0 Å². The number of rotatable bonds is 5. The van der Waals surface area contributed by atoms with Gasteiger partial charge in [-0.15, -0.1) is 0 Å². The molecule has 2 aromatic rings. The van der Waals surface area contributed by atoms with Gasteiger partial charge in [-0.2, -0.15) is 5.26 Å². The average molecular weight is 468 g/mol. The van der Waals surface area contributed by atoms with E-state index in [0.717, 1.165) is 5.56 Å². The molecule has 164 valence electrons. The molecule has 0 bridgehead atoms. The number of fused-ring (bicyclic) bond motifs is 1. The Balaban J connectivity index is 1.84. The molecule has 2 aliphatic rings. The van der Waals surface area contributed by atoms with Crippen molar-refractivity contribution in [2.24, 2.45) is 10.7 Å². The van der Waals surface area contributed by atoms with Crippen LogP contribution in [0, 0.1) is 11.3 Å². The van der Waals surface area contributed by atoms with Crippen molar-refractivity contribution in [2.45, 2.75) is 26.8 Å². The lowest BCUT2D eigenvalue weighted by molar-refractivity contribution is -0.127. The number of amidine groups is 1. The highest BCUT2D eigenvalue weighted by Crippen LogP contribution is 2.46. The number of benzene rings is 1. The SMILES string of the molecule is CCN(CC)C(=O)C1=C(C)N=C2SC(C#N)=C(N)N2[C@@H]1c1ccc(-c2ccc(Cl)cc2)o1. The van der Waals surface area contributed by atoms with Crippen molar-refractivity contribution in [1.29, 1.82) is 5.26 Å². The molecule has 1 atom stereocenters. The van der Waals surface area contributed by atoms with Gasteiger partial charge >= 0.3 is 0 Å². The van der Waals surface area contributed by atoms with E-state index in [1.54, 1.807) is 28.9 Å². The van der Waals surface area contributed by atoms with E-state index in [9.17, 15) is 10.1 Å². The van der Waals surface area contributed by atoms with Crippen LogP contribution < -0.4 is 5.73 Å². The van der Waals surface area contributed by atoms with E-state index in [1.165, 1.54) is 11.8 Å². The molecule has 0 spiro atoms. The van der Waals surface area contributed by atoms with E-state index in [-0.39, 0.29) is 11.7 Å².